The topological polar surface area (TPSA) is 63.5 Å². The Kier molecular flexibility index (Phi) is 6.29. The Morgan fingerprint density at radius 3 is 2.53 bits per heavy atom. The Hall–Kier alpha value is -3.68. The van der Waals surface area contributed by atoms with E-state index in [9.17, 15) is 9.59 Å². The van der Waals surface area contributed by atoms with Gasteiger partial charge in [0.1, 0.15) is 0 Å². The van der Waals surface area contributed by atoms with Crippen molar-refractivity contribution in [2.45, 2.75) is 17.6 Å². The third-order valence-electron chi connectivity index (χ3n) is 5.35. The Balaban J connectivity index is 1.35. The maximum absolute atomic E-state index is 12.9. The normalized spacial score (nSPS) is 11.0. The molecule has 0 spiro atoms. The van der Waals surface area contributed by atoms with E-state index in [0.29, 0.717) is 22.0 Å². The summed E-state index contributed by atoms with van der Waals surface area (Å²) in [5, 5.41) is 4.97. The second-order valence-electron chi connectivity index (χ2n) is 7.80. The number of carbonyl (C=O) groups is 1. The predicted octanol–water partition coefficient (Wildman–Crippen LogP) is 6.28. The number of carbonyl (C=O) groups excluding carboxylic acids is 1. The largest absolute Gasteiger partial charge is 0.321 e. The van der Waals surface area contributed by atoms with E-state index in [1.54, 1.807) is 10.5 Å². The van der Waals surface area contributed by atoms with Crippen molar-refractivity contribution in [3.63, 3.8) is 0 Å². The van der Waals surface area contributed by atoms with Gasteiger partial charge in [-0.3, -0.25) is 14.0 Å². The molecule has 5 aromatic rings. The van der Waals surface area contributed by atoms with Crippen LogP contribution in [0.5, 0.6) is 0 Å². The highest BCUT2D eigenvalue weighted by Gasteiger charge is 2.13. The summed E-state index contributed by atoms with van der Waals surface area (Å²) >= 11 is 2.99. The number of aryl methyl sites for hydroxylation is 1. The average Bonchev–Trinajstić information content (AvgIpc) is 3.29. The van der Waals surface area contributed by atoms with Gasteiger partial charge in [-0.2, -0.15) is 0 Å². The number of nitrogens with one attached hydrogen (secondary N) is 1. The van der Waals surface area contributed by atoms with E-state index in [2.05, 4.69) is 5.32 Å². The summed E-state index contributed by atoms with van der Waals surface area (Å²) < 4.78 is 1.66. The lowest BCUT2D eigenvalue weighted by molar-refractivity contribution is 0.102. The number of rotatable bonds is 6. The number of anilines is 1. The molecule has 34 heavy (non-hydrogen) atoms. The van der Waals surface area contributed by atoms with Gasteiger partial charge in [0.2, 0.25) is 0 Å². The summed E-state index contributed by atoms with van der Waals surface area (Å²) in [5.74, 6) is 0.361. The van der Waals surface area contributed by atoms with E-state index in [1.165, 1.54) is 23.1 Å². The molecule has 0 bridgehead atoms. The zero-order valence-corrected chi connectivity index (χ0v) is 20.0. The Morgan fingerprint density at radius 2 is 1.74 bits per heavy atom. The molecule has 0 unspecified atom stereocenters. The van der Waals surface area contributed by atoms with Crippen molar-refractivity contribution in [3.8, 4) is 11.3 Å². The van der Waals surface area contributed by atoms with Crippen LogP contribution in [-0.2, 0) is 5.75 Å². The van der Waals surface area contributed by atoms with Gasteiger partial charge in [-0.1, -0.05) is 60.2 Å². The van der Waals surface area contributed by atoms with Gasteiger partial charge in [-0.05, 0) is 36.8 Å². The minimum atomic E-state index is -0.155. The van der Waals surface area contributed by atoms with Crippen molar-refractivity contribution in [2.24, 2.45) is 0 Å². The molecule has 1 amide bonds. The number of fused-ring (bicyclic) bond motifs is 1. The van der Waals surface area contributed by atoms with Gasteiger partial charge in [-0.25, -0.2) is 4.98 Å². The third kappa shape index (κ3) is 4.66. The molecule has 0 atom stereocenters. The number of thiazole rings is 1. The molecule has 0 aliphatic heterocycles. The summed E-state index contributed by atoms with van der Waals surface area (Å²) in [4.78, 5) is 31.9. The third-order valence-corrected chi connectivity index (χ3v) is 7.28. The number of hydrogen-bond donors (Lipinski definition) is 1. The first-order chi connectivity index (χ1) is 16.6. The lowest BCUT2D eigenvalue weighted by Crippen LogP contribution is -2.14. The smallest absolute Gasteiger partial charge is 0.259 e. The fraction of sp³-hybridized carbons (Fsp3) is 0.0741. The Morgan fingerprint density at radius 1 is 1.00 bits per heavy atom. The minimum Gasteiger partial charge on any atom is -0.321 e. The molecule has 2 heterocycles. The van der Waals surface area contributed by atoms with Gasteiger partial charge in [0, 0.05) is 27.7 Å². The lowest BCUT2D eigenvalue weighted by atomic mass is 10.1. The maximum Gasteiger partial charge on any atom is 0.259 e. The molecule has 5 nitrogen and oxygen atoms in total. The highest BCUT2D eigenvalue weighted by atomic mass is 32.2. The van der Waals surface area contributed by atoms with E-state index < -0.39 is 0 Å². The zero-order valence-electron chi connectivity index (χ0n) is 18.4. The molecular weight excluding hydrogens is 462 g/mol. The number of hydrogen-bond acceptors (Lipinski definition) is 5. The number of thioether (sulfide) groups is 1. The SMILES string of the molecule is Cc1ccc(C(=O)Nc2ccccc2SCc2cc(=O)n3c(-c4ccccc4)csc3n2)cc1. The van der Waals surface area contributed by atoms with Gasteiger partial charge in [0.05, 0.1) is 17.1 Å². The number of aromatic nitrogens is 2. The average molecular weight is 484 g/mol. The molecule has 2 aromatic heterocycles. The van der Waals surface area contributed by atoms with E-state index in [1.807, 2.05) is 91.2 Å². The molecule has 0 radical (unpaired) electrons. The van der Waals surface area contributed by atoms with Gasteiger partial charge in [0.15, 0.2) is 4.96 Å². The van der Waals surface area contributed by atoms with E-state index in [0.717, 1.165) is 27.4 Å². The molecule has 1 N–H and O–H groups in total. The fourth-order valence-corrected chi connectivity index (χ4v) is 5.42. The van der Waals surface area contributed by atoms with Gasteiger partial charge in [-0.15, -0.1) is 23.1 Å². The summed E-state index contributed by atoms with van der Waals surface area (Å²) in [6.45, 7) is 1.99. The van der Waals surface area contributed by atoms with Crippen LogP contribution in [0, 0.1) is 6.92 Å². The van der Waals surface area contributed by atoms with E-state index in [4.69, 9.17) is 4.98 Å². The van der Waals surface area contributed by atoms with Crippen LogP contribution in [0.1, 0.15) is 21.6 Å². The zero-order chi connectivity index (χ0) is 23.5. The molecule has 0 aliphatic rings. The molecule has 7 heteroatoms. The van der Waals surface area contributed by atoms with E-state index >= 15 is 0 Å². The quantitative estimate of drug-likeness (QED) is 0.289. The summed E-state index contributed by atoms with van der Waals surface area (Å²) in [7, 11) is 0. The monoisotopic (exact) mass is 483 g/mol. The van der Waals surface area contributed by atoms with Crippen molar-refractivity contribution in [1.82, 2.24) is 9.38 Å². The standard InChI is InChI=1S/C27H21N3O2S2/c1-18-11-13-20(14-12-18)26(32)29-22-9-5-6-10-24(22)33-16-21-15-25(31)30-23(17-34-27(30)28-21)19-7-3-2-4-8-19/h2-15,17H,16H2,1H3,(H,29,32). The Bertz CT molecular complexity index is 1520. The second-order valence-corrected chi connectivity index (χ2v) is 9.65. The van der Waals surface area contributed by atoms with E-state index in [-0.39, 0.29) is 11.5 Å². The van der Waals surface area contributed by atoms with Crippen LogP contribution >= 0.6 is 23.1 Å². The van der Waals surface area contributed by atoms with Gasteiger partial charge in [0.25, 0.3) is 11.5 Å². The summed E-state index contributed by atoms with van der Waals surface area (Å²) in [5.41, 5.74) is 4.89. The van der Waals surface area contributed by atoms with Crippen LogP contribution in [0.3, 0.4) is 0 Å². The Labute approximate surface area is 205 Å². The number of amides is 1. The minimum absolute atomic E-state index is 0.0957. The van der Waals surface area contributed by atoms with Crippen LogP contribution in [0.25, 0.3) is 16.2 Å². The van der Waals surface area contributed by atoms with Crippen molar-refractivity contribution in [2.75, 3.05) is 5.32 Å². The number of para-hydroxylation sites is 1. The second kappa shape index (κ2) is 9.67. The summed E-state index contributed by atoms with van der Waals surface area (Å²) in [6.07, 6.45) is 0. The molecule has 0 fully saturated rings. The van der Waals surface area contributed by atoms with Crippen molar-refractivity contribution < 1.29 is 4.79 Å². The lowest BCUT2D eigenvalue weighted by Gasteiger charge is -2.11. The number of nitrogens with zero attached hydrogens (tertiary/aromatic N) is 2. The predicted molar refractivity (Wildman–Crippen MR) is 140 cm³/mol. The highest BCUT2D eigenvalue weighted by Crippen LogP contribution is 2.30. The highest BCUT2D eigenvalue weighted by molar-refractivity contribution is 7.98. The summed E-state index contributed by atoms with van der Waals surface area (Å²) in [6, 6.07) is 26.6. The van der Waals surface area contributed by atoms with Crippen molar-refractivity contribution >= 4 is 39.7 Å². The van der Waals surface area contributed by atoms with Gasteiger partial charge >= 0.3 is 0 Å². The first-order valence-corrected chi connectivity index (χ1v) is 12.6. The number of benzene rings is 3. The van der Waals surface area contributed by atoms with Crippen molar-refractivity contribution in [3.05, 3.63) is 117 Å². The van der Waals surface area contributed by atoms with Crippen LogP contribution < -0.4 is 10.9 Å². The fourth-order valence-electron chi connectivity index (χ4n) is 3.60. The first-order valence-electron chi connectivity index (χ1n) is 10.7. The van der Waals surface area contributed by atoms with Gasteiger partial charge < -0.3 is 5.32 Å². The van der Waals surface area contributed by atoms with Crippen LogP contribution in [-0.4, -0.2) is 15.3 Å². The molecule has 0 saturated heterocycles. The molecule has 3 aromatic carbocycles. The first kappa shape index (κ1) is 22.1. The molecule has 0 aliphatic carbocycles. The van der Waals surface area contributed by atoms with Crippen molar-refractivity contribution in [1.29, 1.82) is 0 Å². The maximum atomic E-state index is 12.9. The molecule has 0 saturated carbocycles. The van der Waals surface area contributed by atoms with Crippen LogP contribution in [0.15, 0.2) is 100.0 Å². The molecule has 168 valence electrons. The van der Waals surface area contributed by atoms with Crippen LogP contribution in [0.4, 0.5) is 5.69 Å². The molecular formula is C27H21N3O2S2. The van der Waals surface area contributed by atoms with Crippen LogP contribution in [0.2, 0.25) is 0 Å². The molecule has 5 rings (SSSR count).